The second-order valence-electron chi connectivity index (χ2n) is 5.59. The van der Waals surface area contributed by atoms with Gasteiger partial charge in [-0.3, -0.25) is 9.59 Å². The van der Waals surface area contributed by atoms with E-state index in [1.54, 1.807) is 30.7 Å². The first-order chi connectivity index (χ1) is 12.0. The third-order valence-electron chi connectivity index (χ3n) is 3.88. The molecule has 0 unspecified atom stereocenters. The standard InChI is InChI=1S/C19H17N3O3/c1-12-17(13(2)22(21-12)14-8-4-3-5-9-14)18(24)19(25)20-15-10-6-7-11-16(15)23/h3-11,23H,1-2H3,(H,20,25). The first kappa shape index (κ1) is 16.4. The van der Waals surface area contributed by atoms with Gasteiger partial charge in [-0.15, -0.1) is 0 Å². The molecule has 126 valence electrons. The van der Waals surface area contributed by atoms with Crippen molar-refractivity contribution in [1.29, 1.82) is 0 Å². The summed E-state index contributed by atoms with van der Waals surface area (Å²) < 4.78 is 1.63. The van der Waals surface area contributed by atoms with Gasteiger partial charge >= 0.3 is 0 Å². The summed E-state index contributed by atoms with van der Waals surface area (Å²) in [5.41, 5.74) is 2.31. The van der Waals surface area contributed by atoms with E-state index >= 15 is 0 Å². The number of phenolic OH excluding ortho intramolecular Hbond substituents is 1. The van der Waals surface area contributed by atoms with Gasteiger partial charge in [0.1, 0.15) is 5.75 Å². The maximum Gasteiger partial charge on any atom is 0.297 e. The first-order valence-electron chi connectivity index (χ1n) is 7.74. The van der Waals surface area contributed by atoms with Gasteiger partial charge in [0.05, 0.1) is 28.3 Å². The number of aromatic nitrogens is 2. The molecule has 0 atom stereocenters. The number of nitrogens with one attached hydrogen (secondary N) is 1. The second kappa shape index (κ2) is 6.60. The number of phenols is 1. The van der Waals surface area contributed by atoms with E-state index in [2.05, 4.69) is 10.4 Å². The number of benzene rings is 2. The number of rotatable bonds is 4. The lowest BCUT2D eigenvalue weighted by Gasteiger charge is -2.07. The number of nitrogens with zero attached hydrogens (tertiary/aromatic N) is 2. The van der Waals surface area contributed by atoms with E-state index in [-0.39, 0.29) is 17.0 Å². The quantitative estimate of drug-likeness (QED) is 0.436. The number of para-hydroxylation sites is 3. The molecular weight excluding hydrogens is 318 g/mol. The summed E-state index contributed by atoms with van der Waals surface area (Å²) in [6.07, 6.45) is 0. The topological polar surface area (TPSA) is 84.2 Å². The van der Waals surface area contributed by atoms with E-state index in [1.807, 2.05) is 30.3 Å². The highest BCUT2D eigenvalue weighted by Gasteiger charge is 2.25. The number of aryl methyl sites for hydroxylation is 1. The van der Waals surface area contributed by atoms with Crippen LogP contribution in [0.4, 0.5) is 5.69 Å². The maximum absolute atomic E-state index is 12.6. The Balaban J connectivity index is 1.91. The number of ketones is 1. The van der Waals surface area contributed by atoms with E-state index in [0.717, 1.165) is 5.69 Å². The lowest BCUT2D eigenvalue weighted by molar-refractivity contribution is -0.112. The number of hydrogen-bond donors (Lipinski definition) is 2. The second-order valence-corrected chi connectivity index (χ2v) is 5.59. The average Bonchev–Trinajstić information content (AvgIpc) is 2.91. The van der Waals surface area contributed by atoms with Crippen LogP contribution in [-0.4, -0.2) is 26.6 Å². The van der Waals surface area contributed by atoms with E-state index < -0.39 is 11.7 Å². The highest BCUT2D eigenvalue weighted by molar-refractivity contribution is 6.47. The molecule has 6 heteroatoms. The Morgan fingerprint density at radius 1 is 1.00 bits per heavy atom. The molecule has 0 saturated heterocycles. The van der Waals surface area contributed by atoms with Crippen molar-refractivity contribution in [2.24, 2.45) is 0 Å². The smallest absolute Gasteiger partial charge is 0.297 e. The van der Waals surface area contributed by atoms with Gasteiger partial charge in [0.2, 0.25) is 0 Å². The van der Waals surface area contributed by atoms with Crippen LogP contribution in [0, 0.1) is 13.8 Å². The SMILES string of the molecule is Cc1nn(-c2ccccc2)c(C)c1C(=O)C(=O)Nc1ccccc1O. The van der Waals surface area contributed by atoms with Crippen molar-refractivity contribution in [1.82, 2.24) is 9.78 Å². The highest BCUT2D eigenvalue weighted by Crippen LogP contribution is 2.23. The third kappa shape index (κ3) is 3.14. The zero-order valence-corrected chi connectivity index (χ0v) is 13.9. The molecule has 3 aromatic rings. The van der Waals surface area contributed by atoms with E-state index in [0.29, 0.717) is 11.4 Å². The Labute approximate surface area is 144 Å². The first-order valence-corrected chi connectivity index (χ1v) is 7.74. The van der Waals surface area contributed by atoms with Gasteiger partial charge in [0.15, 0.2) is 0 Å². The summed E-state index contributed by atoms with van der Waals surface area (Å²) in [5.74, 6) is -1.61. The molecule has 3 rings (SSSR count). The lowest BCUT2D eigenvalue weighted by Crippen LogP contribution is -2.24. The van der Waals surface area contributed by atoms with Crippen LogP contribution in [0.5, 0.6) is 5.75 Å². The number of carbonyl (C=O) groups excluding carboxylic acids is 2. The molecule has 0 aliphatic carbocycles. The molecule has 0 radical (unpaired) electrons. The average molecular weight is 335 g/mol. The molecule has 0 aliphatic heterocycles. The Kier molecular flexibility index (Phi) is 4.35. The fraction of sp³-hybridized carbons (Fsp3) is 0.105. The molecule has 6 nitrogen and oxygen atoms in total. The van der Waals surface area contributed by atoms with Crippen molar-refractivity contribution >= 4 is 17.4 Å². The zero-order chi connectivity index (χ0) is 18.0. The minimum atomic E-state index is -0.819. The van der Waals surface area contributed by atoms with Crippen LogP contribution in [0.1, 0.15) is 21.7 Å². The van der Waals surface area contributed by atoms with E-state index in [1.165, 1.54) is 12.1 Å². The van der Waals surface area contributed by atoms with Crippen LogP contribution in [0.2, 0.25) is 0 Å². The summed E-state index contributed by atoms with van der Waals surface area (Å²) in [5, 5.41) is 16.5. The minimum absolute atomic E-state index is 0.0999. The lowest BCUT2D eigenvalue weighted by atomic mass is 10.1. The Bertz CT molecular complexity index is 946. The minimum Gasteiger partial charge on any atom is -0.506 e. The molecule has 2 aromatic carbocycles. The molecule has 1 heterocycles. The maximum atomic E-state index is 12.6. The van der Waals surface area contributed by atoms with Crippen LogP contribution in [0.25, 0.3) is 5.69 Å². The number of Topliss-reactive ketones (excluding diaryl/α,β-unsaturated/α-hetero) is 1. The number of anilines is 1. The van der Waals surface area contributed by atoms with Crippen molar-refractivity contribution < 1.29 is 14.7 Å². The predicted molar refractivity (Wildman–Crippen MR) is 94.1 cm³/mol. The van der Waals surface area contributed by atoms with Gasteiger partial charge in [-0.2, -0.15) is 5.10 Å². The predicted octanol–water partition coefficient (Wildman–Crippen LogP) is 3.02. The van der Waals surface area contributed by atoms with Crippen molar-refractivity contribution in [2.45, 2.75) is 13.8 Å². The molecule has 0 aliphatic rings. The molecule has 0 fully saturated rings. The Morgan fingerprint density at radius 3 is 2.32 bits per heavy atom. The summed E-state index contributed by atoms with van der Waals surface area (Å²) in [7, 11) is 0. The number of aromatic hydroxyl groups is 1. The van der Waals surface area contributed by atoms with Gasteiger partial charge < -0.3 is 10.4 Å². The molecule has 1 aromatic heterocycles. The molecule has 25 heavy (non-hydrogen) atoms. The zero-order valence-electron chi connectivity index (χ0n) is 13.9. The fourth-order valence-corrected chi connectivity index (χ4v) is 2.66. The number of carbonyl (C=O) groups is 2. The normalized spacial score (nSPS) is 10.5. The van der Waals surface area contributed by atoms with Crippen molar-refractivity contribution in [3.05, 3.63) is 71.5 Å². The van der Waals surface area contributed by atoms with Crippen molar-refractivity contribution in [3.63, 3.8) is 0 Å². The fourth-order valence-electron chi connectivity index (χ4n) is 2.66. The summed E-state index contributed by atoms with van der Waals surface area (Å²) in [4.78, 5) is 24.9. The molecular formula is C19H17N3O3. The third-order valence-corrected chi connectivity index (χ3v) is 3.88. The highest BCUT2D eigenvalue weighted by atomic mass is 16.3. The van der Waals surface area contributed by atoms with Crippen LogP contribution >= 0.6 is 0 Å². The molecule has 0 bridgehead atoms. The monoisotopic (exact) mass is 335 g/mol. The van der Waals surface area contributed by atoms with Gasteiger partial charge in [0.25, 0.3) is 11.7 Å². The Morgan fingerprint density at radius 2 is 1.64 bits per heavy atom. The van der Waals surface area contributed by atoms with Gasteiger partial charge in [0, 0.05) is 0 Å². The number of amides is 1. The van der Waals surface area contributed by atoms with Gasteiger partial charge in [-0.1, -0.05) is 30.3 Å². The Hall–Kier alpha value is -3.41. The summed E-state index contributed by atoms with van der Waals surface area (Å²) in [6, 6.07) is 15.6. The molecule has 1 amide bonds. The molecule has 0 spiro atoms. The van der Waals surface area contributed by atoms with Gasteiger partial charge in [-0.25, -0.2) is 4.68 Å². The molecule has 0 saturated carbocycles. The summed E-state index contributed by atoms with van der Waals surface area (Å²) >= 11 is 0. The van der Waals surface area contributed by atoms with E-state index in [9.17, 15) is 14.7 Å². The summed E-state index contributed by atoms with van der Waals surface area (Å²) in [6.45, 7) is 3.43. The molecule has 2 N–H and O–H groups in total. The number of hydrogen-bond acceptors (Lipinski definition) is 4. The van der Waals surface area contributed by atoms with Crippen LogP contribution in [0.15, 0.2) is 54.6 Å². The van der Waals surface area contributed by atoms with Crippen LogP contribution in [0.3, 0.4) is 0 Å². The van der Waals surface area contributed by atoms with E-state index in [4.69, 9.17) is 0 Å². The van der Waals surface area contributed by atoms with Crippen molar-refractivity contribution in [3.8, 4) is 11.4 Å². The largest absolute Gasteiger partial charge is 0.506 e. The van der Waals surface area contributed by atoms with Crippen LogP contribution < -0.4 is 5.32 Å². The van der Waals surface area contributed by atoms with Crippen molar-refractivity contribution in [2.75, 3.05) is 5.32 Å². The van der Waals surface area contributed by atoms with Crippen LogP contribution in [-0.2, 0) is 4.79 Å². The van der Waals surface area contributed by atoms with Gasteiger partial charge in [-0.05, 0) is 38.1 Å².